The molecular formula is C23H20BrClN4O3S. The topological polar surface area (TPSA) is 77.4 Å². The summed E-state index contributed by atoms with van der Waals surface area (Å²) in [6.07, 6.45) is 1.11. The number of ether oxygens (including phenoxy) is 2. The van der Waals surface area contributed by atoms with Crippen LogP contribution in [0.4, 0.5) is 5.69 Å². The van der Waals surface area contributed by atoms with E-state index >= 15 is 0 Å². The molecule has 1 aromatic heterocycles. The van der Waals surface area contributed by atoms with Crippen LogP contribution in [0.2, 0.25) is 5.02 Å². The fourth-order valence-corrected chi connectivity index (χ4v) is 5.04. The smallest absolute Gasteiger partial charge is 0.247 e. The van der Waals surface area contributed by atoms with Gasteiger partial charge in [-0.05, 0) is 34.1 Å². The Morgan fingerprint density at radius 1 is 1.36 bits per heavy atom. The molecule has 0 N–H and O–H groups in total. The lowest BCUT2D eigenvalue weighted by molar-refractivity contribution is -0.120. The summed E-state index contributed by atoms with van der Waals surface area (Å²) in [5.41, 5.74) is 2.34. The highest BCUT2D eigenvalue weighted by Gasteiger charge is 2.37. The van der Waals surface area contributed by atoms with Crippen LogP contribution in [-0.2, 0) is 4.79 Å². The van der Waals surface area contributed by atoms with Gasteiger partial charge in [0, 0.05) is 22.8 Å². The number of thioether (sulfide) groups is 1. The molecule has 1 atom stereocenters. The minimum atomic E-state index is -0.904. The molecule has 0 saturated heterocycles. The fraction of sp³-hybridized carbons (Fsp3) is 0.217. The number of amides is 1. The van der Waals surface area contributed by atoms with Crippen LogP contribution >= 0.6 is 39.3 Å². The molecule has 0 fully saturated rings. The van der Waals surface area contributed by atoms with E-state index in [0.29, 0.717) is 48.7 Å². The number of anilines is 1. The summed E-state index contributed by atoms with van der Waals surface area (Å²) in [4.78, 5) is 19.5. The average molecular weight is 548 g/mol. The zero-order valence-corrected chi connectivity index (χ0v) is 21.1. The lowest BCUT2D eigenvalue weighted by Gasteiger charge is -2.31. The number of nitrogens with zero attached hydrogens (tertiary/aromatic N) is 4. The van der Waals surface area contributed by atoms with Gasteiger partial charge in [-0.2, -0.15) is 4.98 Å². The van der Waals surface area contributed by atoms with Gasteiger partial charge in [0.05, 0.1) is 22.8 Å². The maximum absolute atomic E-state index is 13.3. The normalized spacial score (nSPS) is 14.5. The molecule has 0 bridgehead atoms. The van der Waals surface area contributed by atoms with Crippen molar-refractivity contribution >= 4 is 50.9 Å². The van der Waals surface area contributed by atoms with Crippen LogP contribution in [0.1, 0.15) is 25.1 Å². The Hall–Kier alpha value is -2.62. The van der Waals surface area contributed by atoms with Crippen LogP contribution in [0.3, 0.4) is 0 Å². The van der Waals surface area contributed by atoms with Gasteiger partial charge in [-0.1, -0.05) is 54.6 Å². The molecule has 7 nitrogen and oxygen atoms in total. The van der Waals surface area contributed by atoms with E-state index in [9.17, 15) is 4.79 Å². The van der Waals surface area contributed by atoms with E-state index < -0.39 is 6.23 Å². The van der Waals surface area contributed by atoms with Crippen molar-refractivity contribution < 1.29 is 14.3 Å². The molecule has 1 aliphatic rings. The van der Waals surface area contributed by atoms with Crippen molar-refractivity contribution in [3.05, 3.63) is 64.1 Å². The Morgan fingerprint density at radius 2 is 2.15 bits per heavy atom. The first-order valence-electron chi connectivity index (χ1n) is 10.1. The second-order valence-electron chi connectivity index (χ2n) is 6.96. The van der Waals surface area contributed by atoms with Crippen LogP contribution < -0.4 is 14.4 Å². The van der Waals surface area contributed by atoms with Gasteiger partial charge in [-0.15, -0.1) is 16.8 Å². The lowest BCUT2D eigenvalue weighted by Crippen LogP contribution is -2.37. The van der Waals surface area contributed by atoms with Crippen LogP contribution in [0.15, 0.2) is 58.7 Å². The van der Waals surface area contributed by atoms with Gasteiger partial charge in [-0.25, -0.2) is 0 Å². The molecule has 0 spiro atoms. The van der Waals surface area contributed by atoms with Gasteiger partial charge in [0.2, 0.25) is 23.2 Å². The Morgan fingerprint density at radius 3 is 2.88 bits per heavy atom. The number of methoxy groups -OCH3 is 1. The van der Waals surface area contributed by atoms with Gasteiger partial charge in [0.15, 0.2) is 5.69 Å². The summed E-state index contributed by atoms with van der Waals surface area (Å²) < 4.78 is 12.7. The van der Waals surface area contributed by atoms with E-state index in [0.717, 1.165) is 0 Å². The number of fused-ring (bicyclic) bond motifs is 3. The van der Waals surface area contributed by atoms with Crippen molar-refractivity contribution in [2.24, 2.45) is 0 Å². The molecule has 2 heterocycles. The highest BCUT2D eigenvalue weighted by Crippen LogP contribution is 2.46. The maximum atomic E-state index is 13.3. The Bertz CT molecular complexity index is 1230. The second-order valence-corrected chi connectivity index (χ2v) is 9.24. The monoisotopic (exact) mass is 546 g/mol. The molecule has 170 valence electrons. The molecule has 1 aliphatic heterocycles. The summed E-state index contributed by atoms with van der Waals surface area (Å²) in [6, 6.07) is 10.9. The lowest BCUT2D eigenvalue weighted by atomic mass is 10.1. The molecule has 0 radical (unpaired) electrons. The third-order valence-corrected chi connectivity index (χ3v) is 6.56. The van der Waals surface area contributed by atoms with Crippen molar-refractivity contribution in [3.8, 4) is 22.9 Å². The predicted molar refractivity (Wildman–Crippen MR) is 133 cm³/mol. The number of rotatable bonds is 6. The number of aromatic nitrogens is 3. The van der Waals surface area contributed by atoms with Gasteiger partial charge in [0.1, 0.15) is 5.75 Å². The molecule has 4 rings (SSSR count). The predicted octanol–water partition coefficient (Wildman–Crippen LogP) is 6.08. The molecule has 0 saturated carbocycles. The van der Waals surface area contributed by atoms with E-state index in [2.05, 4.69) is 37.7 Å². The van der Waals surface area contributed by atoms with Crippen molar-refractivity contribution in [3.63, 3.8) is 0 Å². The minimum absolute atomic E-state index is 0.146. The van der Waals surface area contributed by atoms with Crippen LogP contribution in [0.5, 0.6) is 11.6 Å². The summed E-state index contributed by atoms with van der Waals surface area (Å²) in [5, 5.41) is 9.55. The van der Waals surface area contributed by atoms with E-state index in [1.807, 2.05) is 24.3 Å². The van der Waals surface area contributed by atoms with E-state index in [1.54, 1.807) is 37.1 Å². The highest BCUT2D eigenvalue weighted by molar-refractivity contribution is 9.10. The summed E-state index contributed by atoms with van der Waals surface area (Å²) in [6.45, 7) is 5.53. The molecule has 0 aliphatic carbocycles. The quantitative estimate of drug-likeness (QED) is 0.274. The Kier molecular flexibility index (Phi) is 7.21. The average Bonchev–Trinajstić information content (AvgIpc) is 2.96. The molecule has 10 heteroatoms. The highest BCUT2D eigenvalue weighted by atomic mass is 79.9. The third kappa shape index (κ3) is 4.58. The fourth-order valence-electron chi connectivity index (χ4n) is 3.53. The van der Waals surface area contributed by atoms with E-state index in [1.165, 1.54) is 11.8 Å². The molecule has 3 aromatic rings. The Labute approximate surface area is 209 Å². The number of hydrogen-bond acceptors (Lipinski definition) is 7. The minimum Gasteiger partial charge on any atom is -0.495 e. The zero-order chi connectivity index (χ0) is 23.5. The number of para-hydroxylation sites is 1. The molecule has 1 unspecified atom stereocenters. The third-order valence-electron chi connectivity index (χ3n) is 4.92. The molecule has 1 amide bonds. The number of carbonyl (C=O) groups is 1. The summed E-state index contributed by atoms with van der Waals surface area (Å²) >= 11 is 11.3. The molecule has 33 heavy (non-hydrogen) atoms. The largest absolute Gasteiger partial charge is 0.495 e. The van der Waals surface area contributed by atoms with Crippen molar-refractivity contribution in [2.45, 2.75) is 24.7 Å². The van der Waals surface area contributed by atoms with E-state index in [-0.39, 0.29) is 18.2 Å². The Balaban J connectivity index is 1.99. The summed E-state index contributed by atoms with van der Waals surface area (Å²) in [5.74, 6) is 1.24. The number of hydrogen-bond donors (Lipinski definition) is 0. The first-order valence-corrected chi connectivity index (χ1v) is 12.2. The SMILES string of the molecule is C=CCSc1nnc2c(n1)OC(c1cc(Cl)cc(Br)c1OC)N(C(=O)CC)c1ccccc1-2. The first kappa shape index (κ1) is 23.5. The maximum Gasteiger partial charge on any atom is 0.247 e. The zero-order valence-electron chi connectivity index (χ0n) is 17.9. The number of benzene rings is 2. The summed E-state index contributed by atoms with van der Waals surface area (Å²) in [7, 11) is 1.55. The van der Waals surface area contributed by atoms with Crippen molar-refractivity contribution in [1.82, 2.24) is 15.2 Å². The van der Waals surface area contributed by atoms with Crippen LogP contribution in [0, 0.1) is 0 Å². The number of halogens is 2. The van der Waals surface area contributed by atoms with E-state index in [4.69, 9.17) is 21.1 Å². The van der Waals surface area contributed by atoms with Gasteiger partial charge < -0.3 is 9.47 Å². The van der Waals surface area contributed by atoms with Gasteiger partial charge >= 0.3 is 0 Å². The van der Waals surface area contributed by atoms with Crippen LogP contribution in [-0.4, -0.2) is 34.0 Å². The molecule has 2 aromatic carbocycles. The molecular weight excluding hydrogens is 528 g/mol. The standard InChI is InChI=1S/C23H20BrClN4O3S/c1-4-10-33-23-26-21-19(27-28-23)14-8-6-7-9-17(14)29(18(30)5-2)22(32-21)15-11-13(25)12-16(24)20(15)31-3/h4,6-9,11-12,22H,1,5,10H2,2-3H3. The first-order chi connectivity index (χ1) is 16.0. The van der Waals surface area contributed by atoms with Crippen molar-refractivity contribution in [1.29, 1.82) is 0 Å². The number of carbonyl (C=O) groups excluding carboxylic acids is 1. The van der Waals surface area contributed by atoms with Crippen LogP contribution in [0.25, 0.3) is 11.3 Å². The van der Waals surface area contributed by atoms with Gasteiger partial charge in [-0.3, -0.25) is 9.69 Å². The van der Waals surface area contributed by atoms with Gasteiger partial charge in [0.25, 0.3) is 0 Å². The van der Waals surface area contributed by atoms with Crippen molar-refractivity contribution in [2.75, 3.05) is 17.8 Å². The second kappa shape index (κ2) is 10.1.